The molecule has 3 aromatic rings. The molecule has 136 valence electrons. The SMILES string of the molecule is CCOc1cc(NC2CCN(c3nc(C)nc4[nH]ccc34)CC2)ncn1. The molecule has 0 saturated carbocycles. The molecule has 0 bridgehead atoms. The number of hydrogen-bond donors (Lipinski definition) is 2. The third kappa shape index (κ3) is 3.40. The van der Waals surface area contributed by atoms with Gasteiger partial charge in [0, 0.05) is 31.4 Å². The molecule has 0 amide bonds. The van der Waals surface area contributed by atoms with Crippen molar-refractivity contribution in [2.24, 2.45) is 0 Å². The number of H-pyrrole nitrogens is 1. The summed E-state index contributed by atoms with van der Waals surface area (Å²) in [6, 6.07) is 4.28. The topological polar surface area (TPSA) is 91.8 Å². The second-order valence-corrected chi connectivity index (χ2v) is 6.41. The lowest BCUT2D eigenvalue weighted by Crippen LogP contribution is -2.39. The summed E-state index contributed by atoms with van der Waals surface area (Å²) < 4.78 is 5.44. The lowest BCUT2D eigenvalue weighted by molar-refractivity contribution is 0.326. The molecule has 3 aromatic heterocycles. The molecule has 0 aliphatic carbocycles. The maximum Gasteiger partial charge on any atom is 0.218 e. The number of aryl methyl sites for hydroxylation is 1. The smallest absolute Gasteiger partial charge is 0.218 e. The van der Waals surface area contributed by atoms with Crippen LogP contribution < -0.4 is 15.0 Å². The van der Waals surface area contributed by atoms with Gasteiger partial charge in [-0.25, -0.2) is 19.9 Å². The normalized spacial score (nSPS) is 15.4. The van der Waals surface area contributed by atoms with Crippen molar-refractivity contribution < 1.29 is 4.74 Å². The van der Waals surface area contributed by atoms with Crippen molar-refractivity contribution in [3.05, 3.63) is 30.5 Å². The van der Waals surface area contributed by atoms with E-state index < -0.39 is 0 Å². The Morgan fingerprint density at radius 1 is 1.27 bits per heavy atom. The zero-order valence-corrected chi connectivity index (χ0v) is 15.1. The molecular weight excluding hydrogens is 330 g/mol. The Morgan fingerprint density at radius 2 is 2.12 bits per heavy atom. The Morgan fingerprint density at radius 3 is 2.92 bits per heavy atom. The van der Waals surface area contributed by atoms with Gasteiger partial charge in [0.05, 0.1) is 12.0 Å². The van der Waals surface area contributed by atoms with Gasteiger partial charge in [0.1, 0.15) is 29.4 Å². The van der Waals surface area contributed by atoms with E-state index in [0.717, 1.165) is 54.4 Å². The molecule has 0 spiro atoms. The number of rotatable bonds is 5. The van der Waals surface area contributed by atoms with Gasteiger partial charge in [-0.15, -0.1) is 0 Å². The zero-order chi connectivity index (χ0) is 17.9. The lowest BCUT2D eigenvalue weighted by Gasteiger charge is -2.33. The quantitative estimate of drug-likeness (QED) is 0.728. The van der Waals surface area contributed by atoms with Gasteiger partial charge in [-0.1, -0.05) is 0 Å². The number of piperidine rings is 1. The number of nitrogens with one attached hydrogen (secondary N) is 2. The molecular formula is C18H23N7O. The summed E-state index contributed by atoms with van der Waals surface area (Å²) >= 11 is 0. The van der Waals surface area contributed by atoms with E-state index in [1.165, 1.54) is 6.33 Å². The van der Waals surface area contributed by atoms with Gasteiger partial charge in [-0.2, -0.15) is 0 Å². The van der Waals surface area contributed by atoms with Crippen LogP contribution in [0.25, 0.3) is 11.0 Å². The van der Waals surface area contributed by atoms with Gasteiger partial charge in [0.2, 0.25) is 5.88 Å². The first-order chi connectivity index (χ1) is 12.7. The van der Waals surface area contributed by atoms with Crippen LogP contribution in [-0.2, 0) is 0 Å². The van der Waals surface area contributed by atoms with E-state index in [-0.39, 0.29) is 0 Å². The number of ether oxygens (including phenoxy) is 1. The first-order valence-corrected chi connectivity index (χ1v) is 9.01. The van der Waals surface area contributed by atoms with Gasteiger partial charge in [-0.3, -0.25) is 0 Å². The molecule has 1 saturated heterocycles. The second kappa shape index (κ2) is 7.15. The minimum atomic E-state index is 0.375. The number of aromatic amines is 1. The van der Waals surface area contributed by atoms with Crippen molar-refractivity contribution in [1.82, 2.24) is 24.9 Å². The van der Waals surface area contributed by atoms with Gasteiger partial charge in [0.15, 0.2) is 0 Å². The molecule has 0 atom stereocenters. The monoisotopic (exact) mass is 353 g/mol. The maximum absolute atomic E-state index is 5.44. The molecule has 4 heterocycles. The highest BCUT2D eigenvalue weighted by Gasteiger charge is 2.22. The first kappa shape index (κ1) is 16.6. The summed E-state index contributed by atoms with van der Waals surface area (Å²) in [7, 11) is 0. The molecule has 0 aromatic carbocycles. The molecule has 0 radical (unpaired) electrons. The van der Waals surface area contributed by atoms with E-state index in [1.807, 2.05) is 32.2 Å². The number of hydrogen-bond acceptors (Lipinski definition) is 7. The highest BCUT2D eigenvalue weighted by molar-refractivity contribution is 5.87. The molecule has 1 aliphatic heterocycles. The number of anilines is 2. The van der Waals surface area contributed by atoms with Crippen molar-refractivity contribution in [2.75, 3.05) is 29.9 Å². The fourth-order valence-corrected chi connectivity index (χ4v) is 3.36. The fourth-order valence-electron chi connectivity index (χ4n) is 3.36. The Balaban J connectivity index is 1.42. The predicted octanol–water partition coefficient (Wildman–Crippen LogP) is 2.54. The maximum atomic E-state index is 5.44. The molecule has 0 unspecified atom stereocenters. The summed E-state index contributed by atoms with van der Waals surface area (Å²) in [5.41, 5.74) is 0.900. The largest absolute Gasteiger partial charge is 0.478 e. The Hall–Kier alpha value is -2.90. The van der Waals surface area contributed by atoms with Gasteiger partial charge in [0.25, 0.3) is 0 Å². The van der Waals surface area contributed by atoms with E-state index in [4.69, 9.17) is 4.74 Å². The second-order valence-electron chi connectivity index (χ2n) is 6.41. The van der Waals surface area contributed by atoms with E-state index >= 15 is 0 Å². The molecule has 1 fully saturated rings. The minimum absolute atomic E-state index is 0.375. The Kier molecular flexibility index (Phi) is 4.55. The summed E-state index contributed by atoms with van der Waals surface area (Å²) in [5.74, 6) is 3.23. The lowest BCUT2D eigenvalue weighted by atomic mass is 10.0. The van der Waals surface area contributed by atoms with Crippen LogP contribution in [0.1, 0.15) is 25.6 Å². The van der Waals surface area contributed by atoms with E-state index in [9.17, 15) is 0 Å². The van der Waals surface area contributed by atoms with Crippen LogP contribution in [0.4, 0.5) is 11.6 Å². The highest BCUT2D eigenvalue weighted by atomic mass is 16.5. The van der Waals surface area contributed by atoms with Crippen LogP contribution in [0.5, 0.6) is 5.88 Å². The summed E-state index contributed by atoms with van der Waals surface area (Å²) in [6.07, 6.45) is 5.49. The predicted molar refractivity (Wildman–Crippen MR) is 101 cm³/mol. The van der Waals surface area contributed by atoms with Gasteiger partial charge >= 0.3 is 0 Å². The summed E-state index contributed by atoms with van der Waals surface area (Å²) in [6.45, 7) is 6.36. The standard InChI is InChI=1S/C18H23N7O/c1-3-26-16-10-15(20-11-21-16)24-13-5-8-25(9-6-13)18-14-4-7-19-17(14)22-12(2)23-18/h4,7,10-11,13H,3,5-6,8-9H2,1-2H3,(H,19,22,23)(H,20,21,24). The van der Waals surface area contributed by atoms with E-state index in [0.29, 0.717) is 18.5 Å². The Labute approximate surface area is 152 Å². The van der Waals surface area contributed by atoms with Crippen molar-refractivity contribution >= 4 is 22.7 Å². The number of aromatic nitrogens is 5. The van der Waals surface area contributed by atoms with E-state index in [2.05, 4.69) is 35.1 Å². The van der Waals surface area contributed by atoms with Crippen LogP contribution in [0.15, 0.2) is 24.7 Å². The van der Waals surface area contributed by atoms with Crippen LogP contribution >= 0.6 is 0 Å². The average Bonchev–Trinajstić information content (AvgIpc) is 3.11. The molecule has 4 rings (SSSR count). The number of fused-ring (bicyclic) bond motifs is 1. The molecule has 2 N–H and O–H groups in total. The average molecular weight is 353 g/mol. The van der Waals surface area contributed by atoms with Crippen molar-refractivity contribution in [3.8, 4) is 5.88 Å². The molecule has 8 heteroatoms. The van der Waals surface area contributed by atoms with Crippen molar-refractivity contribution in [1.29, 1.82) is 0 Å². The zero-order valence-electron chi connectivity index (χ0n) is 15.1. The third-order valence-corrected chi connectivity index (χ3v) is 4.59. The minimum Gasteiger partial charge on any atom is -0.478 e. The first-order valence-electron chi connectivity index (χ1n) is 9.01. The highest BCUT2D eigenvalue weighted by Crippen LogP contribution is 2.27. The van der Waals surface area contributed by atoms with Crippen molar-refractivity contribution in [2.45, 2.75) is 32.7 Å². The van der Waals surface area contributed by atoms with Crippen LogP contribution in [0.3, 0.4) is 0 Å². The van der Waals surface area contributed by atoms with Gasteiger partial charge in [-0.05, 0) is 32.8 Å². The van der Waals surface area contributed by atoms with Gasteiger partial charge < -0.3 is 19.9 Å². The van der Waals surface area contributed by atoms with Crippen molar-refractivity contribution in [3.63, 3.8) is 0 Å². The number of nitrogens with zero attached hydrogens (tertiary/aromatic N) is 5. The molecule has 8 nitrogen and oxygen atoms in total. The van der Waals surface area contributed by atoms with E-state index in [1.54, 1.807) is 0 Å². The van der Waals surface area contributed by atoms with Crippen LogP contribution in [-0.4, -0.2) is 50.7 Å². The molecule has 1 aliphatic rings. The van der Waals surface area contributed by atoms with Crippen LogP contribution in [0, 0.1) is 6.92 Å². The fraction of sp³-hybridized carbons (Fsp3) is 0.444. The van der Waals surface area contributed by atoms with Crippen LogP contribution in [0.2, 0.25) is 0 Å². The summed E-state index contributed by atoms with van der Waals surface area (Å²) in [5, 5.41) is 4.58. The summed E-state index contributed by atoms with van der Waals surface area (Å²) in [4.78, 5) is 23.1. The Bertz CT molecular complexity index is 886. The molecule has 26 heavy (non-hydrogen) atoms. The third-order valence-electron chi connectivity index (χ3n) is 4.59.